The number of rotatable bonds is 5. The van der Waals surface area contributed by atoms with E-state index in [2.05, 4.69) is 46.7 Å². The summed E-state index contributed by atoms with van der Waals surface area (Å²) < 4.78 is 4.75. The molecular formula is C22H27N3O2S. The van der Waals surface area contributed by atoms with Gasteiger partial charge in [-0.15, -0.1) is 0 Å². The highest BCUT2D eigenvalue weighted by atomic mass is 32.1. The minimum Gasteiger partial charge on any atom is -0.465 e. The van der Waals surface area contributed by atoms with Gasteiger partial charge in [0.15, 0.2) is 5.11 Å². The molecule has 0 amide bonds. The van der Waals surface area contributed by atoms with E-state index >= 15 is 0 Å². The van der Waals surface area contributed by atoms with Crippen molar-refractivity contribution in [1.82, 2.24) is 5.32 Å². The van der Waals surface area contributed by atoms with Crippen molar-refractivity contribution in [2.45, 2.75) is 32.2 Å². The molecule has 2 aromatic carbocycles. The van der Waals surface area contributed by atoms with Crippen LogP contribution in [-0.2, 0) is 4.74 Å². The van der Waals surface area contributed by atoms with Crippen LogP contribution in [0, 0.1) is 0 Å². The van der Waals surface area contributed by atoms with Crippen LogP contribution in [0.25, 0.3) is 0 Å². The predicted molar refractivity (Wildman–Crippen MR) is 118 cm³/mol. The Balaban J connectivity index is 1.57. The molecule has 0 aliphatic carbocycles. The van der Waals surface area contributed by atoms with Crippen molar-refractivity contribution in [3.05, 3.63) is 59.7 Å². The van der Waals surface area contributed by atoms with Gasteiger partial charge < -0.3 is 20.3 Å². The number of ether oxygens (including phenoxy) is 1. The number of hydrogen-bond acceptors (Lipinski definition) is 4. The Morgan fingerprint density at radius 2 is 1.82 bits per heavy atom. The average molecular weight is 398 g/mol. The Morgan fingerprint density at radius 1 is 1.11 bits per heavy atom. The highest BCUT2D eigenvalue weighted by Crippen LogP contribution is 2.22. The molecule has 2 aromatic rings. The van der Waals surface area contributed by atoms with Gasteiger partial charge in [-0.05, 0) is 74.3 Å². The quantitative estimate of drug-likeness (QED) is 0.572. The van der Waals surface area contributed by atoms with Crippen molar-refractivity contribution in [3.8, 4) is 0 Å². The lowest BCUT2D eigenvalue weighted by Crippen LogP contribution is -2.31. The van der Waals surface area contributed by atoms with Crippen molar-refractivity contribution in [2.24, 2.45) is 0 Å². The summed E-state index contributed by atoms with van der Waals surface area (Å²) in [6, 6.07) is 15.8. The van der Waals surface area contributed by atoms with Crippen LogP contribution in [0.3, 0.4) is 0 Å². The Morgan fingerprint density at radius 3 is 2.50 bits per heavy atom. The normalized spacial score (nSPS) is 14.9. The number of nitrogens with zero attached hydrogens (tertiary/aromatic N) is 1. The number of esters is 1. The van der Waals surface area contributed by atoms with Crippen molar-refractivity contribution < 1.29 is 9.53 Å². The molecule has 0 saturated carbocycles. The van der Waals surface area contributed by atoms with Gasteiger partial charge in [-0.3, -0.25) is 0 Å². The molecule has 2 N–H and O–H groups in total. The third-order valence-electron chi connectivity index (χ3n) is 5.00. The predicted octanol–water partition coefficient (Wildman–Crippen LogP) is 4.51. The second-order valence-electron chi connectivity index (χ2n) is 7.03. The van der Waals surface area contributed by atoms with Crippen LogP contribution in [0.5, 0.6) is 0 Å². The Hall–Kier alpha value is -2.60. The summed E-state index contributed by atoms with van der Waals surface area (Å²) in [7, 11) is 1.37. The second-order valence-corrected chi connectivity index (χ2v) is 7.44. The molecule has 28 heavy (non-hydrogen) atoms. The molecule has 1 atom stereocenters. The first-order valence-corrected chi connectivity index (χ1v) is 10.1. The van der Waals surface area contributed by atoms with E-state index in [1.54, 1.807) is 18.2 Å². The maximum atomic E-state index is 11.7. The first-order valence-electron chi connectivity index (χ1n) is 9.67. The van der Waals surface area contributed by atoms with E-state index in [0.717, 1.165) is 18.8 Å². The van der Waals surface area contributed by atoms with Gasteiger partial charge in [0.1, 0.15) is 0 Å². The minimum atomic E-state index is -0.371. The van der Waals surface area contributed by atoms with Crippen LogP contribution >= 0.6 is 12.2 Å². The molecule has 0 spiro atoms. The van der Waals surface area contributed by atoms with Crippen LogP contribution in [0.1, 0.15) is 48.1 Å². The fourth-order valence-corrected chi connectivity index (χ4v) is 3.71. The molecule has 0 aromatic heterocycles. The van der Waals surface area contributed by atoms with Gasteiger partial charge in [0.2, 0.25) is 0 Å². The number of thiocarbonyl (C=S) groups is 1. The van der Waals surface area contributed by atoms with Gasteiger partial charge in [0, 0.05) is 24.5 Å². The highest BCUT2D eigenvalue weighted by molar-refractivity contribution is 7.80. The van der Waals surface area contributed by atoms with Gasteiger partial charge in [-0.25, -0.2) is 4.79 Å². The highest BCUT2D eigenvalue weighted by Gasteiger charge is 2.13. The van der Waals surface area contributed by atoms with Crippen LogP contribution in [0.4, 0.5) is 11.4 Å². The zero-order chi connectivity index (χ0) is 19.9. The number of piperidine rings is 1. The maximum Gasteiger partial charge on any atom is 0.337 e. The third kappa shape index (κ3) is 5.23. The van der Waals surface area contributed by atoms with Gasteiger partial charge >= 0.3 is 5.97 Å². The standard InChI is InChI=1S/C22H27N3O2S/c1-16(17-9-11-20(12-10-17)25-13-4-3-5-14-25)23-22(28)24-19-8-6-7-18(15-19)21(26)27-2/h6-12,15-16H,3-5,13-14H2,1-2H3,(H2,23,24,28). The van der Waals surface area contributed by atoms with Crippen molar-refractivity contribution in [1.29, 1.82) is 0 Å². The summed E-state index contributed by atoms with van der Waals surface area (Å²) >= 11 is 5.43. The number of nitrogens with one attached hydrogen (secondary N) is 2. The zero-order valence-electron chi connectivity index (χ0n) is 16.4. The molecule has 5 nitrogen and oxygen atoms in total. The molecular weight excluding hydrogens is 370 g/mol. The molecule has 1 saturated heterocycles. The first-order chi connectivity index (χ1) is 13.6. The van der Waals surface area contributed by atoms with Crippen molar-refractivity contribution >= 4 is 34.7 Å². The topological polar surface area (TPSA) is 53.6 Å². The van der Waals surface area contributed by atoms with E-state index in [9.17, 15) is 4.79 Å². The molecule has 1 unspecified atom stereocenters. The maximum absolute atomic E-state index is 11.7. The van der Waals surface area contributed by atoms with Gasteiger partial charge in [0.25, 0.3) is 0 Å². The SMILES string of the molecule is COC(=O)c1cccc(NC(=S)NC(C)c2ccc(N3CCCCC3)cc2)c1. The Kier molecular flexibility index (Phi) is 6.87. The molecule has 6 heteroatoms. The molecule has 148 valence electrons. The summed E-state index contributed by atoms with van der Waals surface area (Å²) in [6.45, 7) is 4.37. The zero-order valence-corrected chi connectivity index (χ0v) is 17.2. The van der Waals surface area contributed by atoms with E-state index < -0.39 is 0 Å². The summed E-state index contributed by atoms with van der Waals surface area (Å²) in [5.74, 6) is -0.371. The first kappa shape index (κ1) is 20.1. The van der Waals surface area contributed by atoms with Gasteiger partial charge in [-0.2, -0.15) is 0 Å². The van der Waals surface area contributed by atoms with Gasteiger partial charge in [0.05, 0.1) is 18.7 Å². The molecule has 1 fully saturated rings. The molecule has 3 rings (SSSR count). The lowest BCUT2D eigenvalue weighted by molar-refractivity contribution is 0.0601. The van der Waals surface area contributed by atoms with Crippen LogP contribution in [0.2, 0.25) is 0 Å². The lowest BCUT2D eigenvalue weighted by Gasteiger charge is -2.29. The largest absolute Gasteiger partial charge is 0.465 e. The second kappa shape index (κ2) is 9.55. The van der Waals surface area contributed by atoms with Crippen molar-refractivity contribution in [3.63, 3.8) is 0 Å². The molecule has 0 radical (unpaired) electrons. The van der Waals surface area contributed by atoms with E-state index in [-0.39, 0.29) is 12.0 Å². The summed E-state index contributed by atoms with van der Waals surface area (Å²) in [6.07, 6.45) is 3.89. The number of carbonyl (C=O) groups is 1. The molecule has 1 aliphatic rings. The summed E-state index contributed by atoms with van der Waals surface area (Å²) in [5.41, 5.74) is 3.69. The van der Waals surface area contributed by atoms with E-state index in [1.165, 1.54) is 37.6 Å². The smallest absolute Gasteiger partial charge is 0.337 e. The number of hydrogen-bond donors (Lipinski definition) is 2. The van der Waals surface area contributed by atoms with E-state index in [1.807, 2.05) is 6.07 Å². The monoisotopic (exact) mass is 397 g/mol. The number of anilines is 2. The van der Waals surface area contributed by atoms with E-state index in [0.29, 0.717) is 10.7 Å². The van der Waals surface area contributed by atoms with Crippen LogP contribution in [0.15, 0.2) is 48.5 Å². The van der Waals surface area contributed by atoms with E-state index in [4.69, 9.17) is 17.0 Å². The fraction of sp³-hybridized carbons (Fsp3) is 0.364. The molecule has 1 aliphatic heterocycles. The molecule has 1 heterocycles. The minimum absolute atomic E-state index is 0.0687. The van der Waals surface area contributed by atoms with Crippen molar-refractivity contribution in [2.75, 3.05) is 30.4 Å². The number of carbonyl (C=O) groups excluding carboxylic acids is 1. The Labute approximate surface area is 172 Å². The van der Waals surface area contributed by atoms with Gasteiger partial charge in [-0.1, -0.05) is 18.2 Å². The average Bonchev–Trinajstić information content (AvgIpc) is 2.74. The Bertz CT molecular complexity index is 817. The fourth-order valence-electron chi connectivity index (χ4n) is 3.41. The summed E-state index contributed by atoms with van der Waals surface area (Å²) in [5, 5.41) is 6.94. The van der Waals surface area contributed by atoms with Crippen LogP contribution < -0.4 is 15.5 Å². The van der Waals surface area contributed by atoms with Crippen LogP contribution in [-0.4, -0.2) is 31.3 Å². The molecule has 0 bridgehead atoms. The lowest BCUT2D eigenvalue weighted by atomic mass is 10.1. The third-order valence-corrected chi connectivity index (χ3v) is 5.22. The number of benzene rings is 2. The number of methoxy groups -OCH3 is 1. The summed E-state index contributed by atoms with van der Waals surface area (Å²) in [4.78, 5) is 14.1.